The first-order valence-corrected chi connectivity index (χ1v) is 19.7. The number of benzene rings is 5. The average Bonchev–Trinajstić information content (AvgIpc) is 3.18. The zero-order chi connectivity index (χ0) is 35.3. The predicted octanol–water partition coefficient (Wildman–Crippen LogP) is 14.0. The van der Waals surface area contributed by atoms with Crippen molar-refractivity contribution in [2.24, 2.45) is 0 Å². The number of nitrogens with zero attached hydrogens (tertiary/aromatic N) is 2. The molecule has 0 spiro atoms. The molecule has 4 aromatic heterocycles. The van der Waals surface area contributed by atoms with Gasteiger partial charge in [-0.15, -0.1) is 0 Å². The van der Waals surface area contributed by atoms with Gasteiger partial charge in [-0.1, -0.05) is 77.6 Å². The van der Waals surface area contributed by atoms with Gasteiger partial charge in [-0.3, -0.25) is 8.80 Å². The van der Waals surface area contributed by atoms with Crippen LogP contribution >= 0.6 is 0 Å². The van der Waals surface area contributed by atoms with E-state index in [0.717, 1.165) is 132 Å². The fourth-order valence-corrected chi connectivity index (χ4v) is 8.05. The van der Waals surface area contributed by atoms with Crippen LogP contribution in [0.1, 0.15) is 101 Å². The highest BCUT2D eigenvalue weighted by Gasteiger charge is 2.26. The Morgan fingerprint density at radius 2 is 0.615 bits per heavy atom. The van der Waals surface area contributed by atoms with Crippen molar-refractivity contribution >= 4 is 77.8 Å². The molecule has 0 radical (unpaired) electrons. The molecule has 0 fully saturated rings. The summed E-state index contributed by atoms with van der Waals surface area (Å²) in [6, 6.07) is 26.6. The molecule has 52 heavy (non-hydrogen) atoms. The summed E-state index contributed by atoms with van der Waals surface area (Å²) >= 11 is 0. The molecular formula is C46H48N2O4. The van der Waals surface area contributed by atoms with Gasteiger partial charge in [0.05, 0.1) is 22.1 Å². The van der Waals surface area contributed by atoms with Crippen LogP contribution in [0.25, 0.3) is 77.8 Å². The molecule has 0 saturated carbocycles. The SMILES string of the molecule is CCCCc1ccc2c(c1)oc1c3oc4cc(CCCC)ccc4n4c5ccc(CCCC)cc5oc(c5oc6cc(CCCC)ccc6n2c15)c34. The first kappa shape index (κ1) is 32.8. The van der Waals surface area contributed by atoms with Crippen molar-refractivity contribution in [1.82, 2.24) is 8.80 Å². The van der Waals surface area contributed by atoms with E-state index >= 15 is 0 Å². The van der Waals surface area contributed by atoms with Crippen molar-refractivity contribution in [3.05, 3.63) is 95.1 Å². The summed E-state index contributed by atoms with van der Waals surface area (Å²) in [7, 11) is 0. The normalized spacial score (nSPS) is 12.4. The monoisotopic (exact) mass is 692 g/mol. The Balaban J connectivity index is 1.49. The topological polar surface area (TPSA) is 61.4 Å². The Morgan fingerprint density at radius 1 is 0.365 bits per heavy atom. The number of aryl methyl sites for hydroxylation is 4. The van der Waals surface area contributed by atoms with Gasteiger partial charge in [0.25, 0.3) is 0 Å². The molecule has 266 valence electrons. The Hall–Kier alpha value is -5.10. The quantitative estimate of drug-likeness (QED) is 0.0944. The molecule has 6 nitrogen and oxygen atoms in total. The molecule has 0 aliphatic carbocycles. The summed E-state index contributed by atoms with van der Waals surface area (Å²) in [6.07, 6.45) is 13.1. The standard InChI is InChI=1S/C46H48N2O4/c1-5-9-13-29-17-21-33-37(25-29)49-43-41-45(51-38-26-30(14-10-6-2)18-22-34(38)47(33)41)46-42-44(43)50-39-27-31(15-11-7-3)19-23-35(39)48(42)36-24-20-32(16-12-8-4)28-40(36)52-46/h17-28H,5-16H2,1-4H3. The molecular weight excluding hydrogens is 645 g/mol. The summed E-state index contributed by atoms with van der Waals surface area (Å²) in [6.45, 7) is 8.95. The van der Waals surface area contributed by atoms with Crippen LogP contribution in [0.3, 0.4) is 0 Å². The summed E-state index contributed by atoms with van der Waals surface area (Å²) in [5.41, 5.74) is 16.5. The summed E-state index contributed by atoms with van der Waals surface area (Å²) in [5.74, 6) is 0. The van der Waals surface area contributed by atoms with E-state index in [4.69, 9.17) is 17.7 Å². The van der Waals surface area contributed by atoms with E-state index in [-0.39, 0.29) is 0 Å². The number of rotatable bonds is 12. The zero-order valence-corrected chi connectivity index (χ0v) is 30.9. The molecule has 0 amide bonds. The van der Waals surface area contributed by atoms with Gasteiger partial charge in [0.15, 0.2) is 44.7 Å². The van der Waals surface area contributed by atoms with E-state index in [0.29, 0.717) is 22.3 Å². The number of fused-ring (bicyclic) bond motifs is 10. The molecule has 5 aromatic carbocycles. The van der Waals surface area contributed by atoms with Crippen molar-refractivity contribution in [2.75, 3.05) is 0 Å². The van der Waals surface area contributed by atoms with E-state index in [1.54, 1.807) is 0 Å². The minimum atomic E-state index is 0.649. The highest BCUT2D eigenvalue weighted by molar-refractivity contribution is 6.20. The van der Waals surface area contributed by atoms with Crippen molar-refractivity contribution in [3.8, 4) is 0 Å². The Labute approximate surface area is 303 Å². The Morgan fingerprint density at radius 3 is 0.846 bits per heavy atom. The first-order chi connectivity index (χ1) is 25.6. The summed E-state index contributed by atoms with van der Waals surface area (Å²) < 4.78 is 32.8. The Bertz CT molecular complexity index is 2430. The molecule has 0 atom stereocenters. The lowest BCUT2D eigenvalue weighted by atomic mass is 10.1. The molecule has 6 heteroatoms. The van der Waals surface area contributed by atoms with E-state index in [9.17, 15) is 0 Å². The molecule has 9 rings (SSSR count). The highest BCUT2D eigenvalue weighted by Crippen LogP contribution is 2.43. The lowest BCUT2D eigenvalue weighted by molar-refractivity contribution is 0.596. The van der Waals surface area contributed by atoms with Crippen LogP contribution in [-0.4, -0.2) is 8.80 Å². The second kappa shape index (κ2) is 13.5. The highest BCUT2D eigenvalue weighted by atomic mass is 16.4. The smallest absolute Gasteiger partial charge is 0.200 e. The van der Waals surface area contributed by atoms with Crippen molar-refractivity contribution in [2.45, 2.75) is 105 Å². The number of unbranched alkanes of at least 4 members (excludes halogenated alkanes) is 4. The zero-order valence-electron chi connectivity index (χ0n) is 30.9. The lowest BCUT2D eigenvalue weighted by Gasteiger charge is -2.19. The molecule has 0 aliphatic heterocycles. The summed E-state index contributed by atoms with van der Waals surface area (Å²) in [4.78, 5) is 0. The van der Waals surface area contributed by atoms with Gasteiger partial charge in [-0.05, 0) is 122 Å². The molecule has 0 bridgehead atoms. The average molecular weight is 693 g/mol. The minimum absolute atomic E-state index is 0.649. The van der Waals surface area contributed by atoms with Gasteiger partial charge in [-0.25, -0.2) is 0 Å². The number of hydrogen-bond acceptors (Lipinski definition) is 4. The second-order valence-electron chi connectivity index (χ2n) is 14.7. The fraction of sp³-hybridized carbons (Fsp3) is 0.348. The third kappa shape index (κ3) is 5.37. The largest absolute Gasteiger partial charge is 0.449 e. The van der Waals surface area contributed by atoms with E-state index in [1.165, 1.54) is 22.3 Å². The molecule has 0 N–H and O–H groups in total. The van der Waals surface area contributed by atoms with Gasteiger partial charge in [0, 0.05) is 0 Å². The van der Waals surface area contributed by atoms with Crippen LogP contribution in [0.2, 0.25) is 0 Å². The maximum absolute atomic E-state index is 7.04. The molecule has 0 aliphatic rings. The van der Waals surface area contributed by atoms with Crippen molar-refractivity contribution in [1.29, 1.82) is 0 Å². The van der Waals surface area contributed by atoms with Gasteiger partial charge in [0.1, 0.15) is 11.0 Å². The van der Waals surface area contributed by atoms with E-state index in [2.05, 4.69) is 109 Å². The first-order valence-electron chi connectivity index (χ1n) is 19.7. The molecule has 0 saturated heterocycles. The maximum Gasteiger partial charge on any atom is 0.200 e. The fourth-order valence-electron chi connectivity index (χ4n) is 8.05. The lowest BCUT2D eigenvalue weighted by Crippen LogP contribution is -2.03. The summed E-state index contributed by atoms with van der Waals surface area (Å²) in [5, 5.41) is 0. The van der Waals surface area contributed by atoms with Crippen LogP contribution in [0.5, 0.6) is 0 Å². The second-order valence-corrected chi connectivity index (χ2v) is 14.7. The third-order valence-corrected chi connectivity index (χ3v) is 10.9. The third-order valence-electron chi connectivity index (χ3n) is 10.9. The van der Waals surface area contributed by atoms with Crippen molar-refractivity contribution < 1.29 is 17.7 Å². The molecule has 4 heterocycles. The van der Waals surface area contributed by atoms with Crippen LogP contribution in [-0.2, 0) is 25.7 Å². The predicted molar refractivity (Wildman–Crippen MR) is 215 cm³/mol. The minimum Gasteiger partial charge on any atom is -0.449 e. The van der Waals surface area contributed by atoms with Crippen LogP contribution in [0, 0.1) is 0 Å². The van der Waals surface area contributed by atoms with Gasteiger partial charge in [-0.2, -0.15) is 0 Å². The van der Waals surface area contributed by atoms with Crippen LogP contribution in [0.15, 0.2) is 90.5 Å². The number of hydrogen-bond donors (Lipinski definition) is 0. The van der Waals surface area contributed by atoms with Crippen LogP contribution < -0.4 is 0 Å². The van der Waals surface area contributed by atoms with Crippen molar-refractivity contribution in [3.63, 3.8) is 0 Å². The number of aromatic nitrogens is 2. The van der Waals surface area contributed by atoms with Gasteiger partial charge < -0.3 is 17.7 Å². The van der Waals surface area contributed by atoms with Crippen LogP contribution in [0.4, 0.5) is 0 Å². The van der Waals surface area contributed by atoms with Gasteiger partial charge in [0.2, 0.25) is 0 Å². The molecule has 9 aromatic rings. The maximum atomic E-state index is 7.04. The Kier molecular flexibility index (Phi) is 8.49. The molecule has 0 unspecified atom stereocenters. The van der Waals surface area contributed by atoms with E-state index < -0.39 is 0 Å². The van der Waals surface area contributed by atoms with Gasteiger partial charge >= 0.3 is 0 Å². The van der Waals surface area contributed by atoms with E-state index in [1.807, 2.05) is 0 Å².